The molecular formula is C16H20N2O3. The molecule has 0 radical (unpaired) electrons. The first kappa shape index (κ1) is 15.1. The Morgan fingerprint density at radius 1 is 1.52 bits per heavy atom. The molecule has 0 saturated carbocycles. The Labute approximate surface area is 124 Å². The van der Waals surface area contributed by atoms with Crippen LogP contribution >= 0.6 is 0 Å². The summed E-state index contributed by atoms with van der Waals surface area (Å²) in [4.78, 5) is 25.2. The number of fused-ring (bicyclic) bond motifs is 1. The van der Waals surface area contributed by atoms with E-state index in [0.717, 1.165) is 0 Å². The van der Waals surface area contributed by atoms with E-state index in [-0.39, 0.29) is 18.4 Å². The van der Waals surface area contributed by atoms with Crippen molar-refractivity contribution in [2.75, 3.05) is 23.4 Å². The van der Waals surface area contributed by atoms with Crippen molar-refractivity contribution in [1.82, 2.24) is 0 Å². The van der Waals surface area contributed by atoms with Crippen molar-refractivity contribution in [3.63, 3.8) is 0 Å². The van der Waals surface area contributed by atoms with E-state index < -0.39 is 0 Å². The molecule has 1 aromatic rings. The molecule has 0 unspecified atom stereocenters. The standard InChI is InChI=1S/C16H20N2O3/c1-4-7-18-13-6-5-12(17-15(19)8-11(2)3)9-14(13)21-10-16(18)20/h4-6,9,11H,1,7-8,10H2,2-3H3,(H,17,19). The average molecular weight is 288 g/mol. The number of hydrogen-bond acceptors (Lipinski definition) is 3. The molecule has 5 nitrogen and oxygen atoms in total. The number of benzene rings is 1. The number of carbonyl (C=O) groups is 2. The normalized spacial score (nSPS) is 13.7. The van der Waals surface area contributed by atoms with Crippen LogP contribution in [-0.4, -0.2) is 25.0 Å². The van der Waals surface area contributed by atoms with Crippen LogP contribution in [0.5, 0.6) is 5.75 Å². The predicted octanol–water partition coefficient (Wildman–Crippen LogP) is 2.58. The number of carbonyl (C=O) groups excluding carboxylic acids is 2. The van der Waals surface area contributed by atoms with Crippen molar-refractivity contribution < 1.29 is 14.3 Å². The highest BCUT2D eigenvalue weighted by Crippen LogP contribution is 2.34. The van der Waals surface area contributed by atoms with Crippen molar-refractivity contribution in [1.29, 1.82) is 0 Å². The van der Waals surface area contributed by atoms with Crippen LogP contribution in [0.3, 0.4) is 0 Å². The van der Waals surface area contributed by atoms with E-state index in [1.165, 1.54) is 0 Å². The van der Waals surface area contributed by atoms with Crippen LogP contribution in [-0.2, 0) is 9.59 Å². The van der Waals surface area contributed by atoms with Gasteiger partial charge in [0.2, 0.25) is 5.91 Å². The zero-order valence-corrected chi connectivity index (χ0v) is 12.4. The van der Waals surface area contributed by atoms with Crippen LogP contribution < -0.4 is 15.0 Å². The summed E-state index contributed by atoms with van der Waals surface area (Å²) in [6.07, 6.45) is 2.14. The lowest BCUT2D eigenvalue weighted by Crippen LogP contribution is -2.38. The Hall–Kier alpha value is -2.30. The first-order valence-corrected chi connectivity index (χ1v) is 6.99. The Bertz CT molecular complexity index is 567. The summed E-state index contributed by atoms with van der Waals surface area (Å²) in [6.45, 7) is 8.09. The van der Waals surface area contributed by atoms with Crippen LogP contribution in [0.15, 0.2) is 30.9 Å². The fraction of sp³-hybridized carbons (Fsp3) is 0.375. The fourth-order valence-electron chi connectivity index (χ4n) is 2.19. The lowest BCUT2D eigenvalue weighted by molar-refractivity contribution is -0.121. The van der Waals surface area contributed by atoms with E-state index in [0.29, 0.717) is 36.0 Å². The van der Waals surface area contributed by atoms with Gasteiger partial charge in [-0.3, -0.25) is 9.59 Å². The third kappa shape index (κ3) is 3.62. The molecule has 1 heterocycles. The Morgan fingerprint density at radius 3 is 2.95 bits per heavy atom. The fourth-order valence-corrected chi connectivity index (χ4v) is 2.19. The topological polar surface area (TPSA) is 58.6 Å². The highest BCUT2D eigenvalue weighted by molar-refractivity contribution is 5.99. The van der Waals surface area contributed by atoms with Gasteiger partial charge in [-0.05, 0) is 18.1 Å². The average Bonchev–Trinajstić information content (AvgIpc) is 2.41. The SMILES string of the molecule is C=CCN1C(=O)COc2cc(NC(=O)CC(C)C)ccc21. The number of nitrogens with one attached hydrogen (secondary N) is 1. The van der Waals surface area contributed by atoms with Crippen molar-refractivity contribution in [2.45, 2.75) is 20.3 Å². The van der Waals surface area contributed by atoms with E-state index in [2.05, 4.69) is 11.9 Å². The maximum atomic E-state index is 11.8. The molecule has 2 amide bonds. The second-order valence-electron chi connectivity index (χ2n) is 5.41. The minimum absolute atomic E-state index is 0.00420. The van der Waals surface area contributed by atoms with E-state index in [9.17, 15) is 9.59 Å². The van der Waals surface area contributed by atoms with Crippen molar-refractivity contribution in [3.8, 4) is 5.75 Å². The minimum atomic E-state index is -0.0982. The molecule has 1 N–H and O–H groups in total. The maximum absolute atomic E-state index is 11.8. The summed E-state index contributed by atoms with van der Waals surface area (Å²) >= 11 is 0. The predicted molar refractivity (Wildman–Crippen MR) is 82.6 cm³/mol. The molecule has 0 aromatic heterocycles. The molecule has 0 fully saturated rings. The van der Waals surface area contributed by atoms with Crippen LogP contribution in [0.2, 0.25) is 0 Å². The molecule has 0 spiro atoms. The third-order valence-electron chi connectivity index (χ3n) is 3.09. The number of amides is 2. The van der Waals surface area contributed by atoms with Crippen LogP contribution in [0.1, 0.15) is 20.3 Å². The van der Waals surface area contributed by atoms with Gasteiger partial charge in [-0.15, -0.1) is 6.58 Å². The van der Waals surface area contributed by atoms with Crippen molar-refractivity contribution >= 4 is 23.2 Å². The van der Waals surface area contributed by atoms with Gasteiger partial charge in [0.1, 0.15) is 5.75 Å². The molecule has 2 rings (SSSR count). The van der Waals surface area contributed by atoms with Gasteiger partial charge in [-0.2, -0.15) is 0 Å². The van der Waals surface area contributed by atoms with Gasteiger partial charge in [-0.1, -0.05) is 19.9 Å². The van der Waals surface area contributed by atoms with Crippen molar-refractivity contribution in [3.05, 3.63) is 30.9 Å². The lowest BCUT2D eigenvalue weighted by atomic mass is 10.1. The van der Waals surface area contributed by atoms with Crippen LogP contribution in [0, 0.1) is 5.92 Å². The molecule has 1 aliphatic rings. The second kappa shape index (κ2) is 6.43. The molecule has 0 atom stereocenters. The van der Waals surface area contributed by atoms with Gasteiger partial charge < -0.3 is 15.0 Å². The molecule has 0 saturated heterocycles. The van der Waals surface area contributed by atoms with Gasteiger partial charge in [0.05, 0.1) is 5.69 Å². The number of ether oxygens (including phenoxy) is 1. The zero-order chi connectivity index (χ0) is 15.4. The highest BCUT2D eigenvalue weighted by atomic mass is 16.5. The molecule has 0 bridgehead atoms. The highest BCUT2D eigenvalue weighted by Gasteiger charge is 2.24. The Balaban J connectivity index is 2.17. The molecule has 5 heteroatoms. The van der Waals surface area contributed by atoms with Gasteiger partial charge in [0.25, 0.3) is 5.91 Å². The maximum Gasteiger partial charge on any atom is 0.265 e. The first-order valence-electron chi connectivity index (χ1n) is 6.99. The molecular weight excluding hydrogens is 268 g/mol. The summed E-state index contributed by atoms with van der Waals surface area (Å²) in [5, 5.41) is 2.84. The largest absolute Gasteiger partial charge is 0.481 e. The lowest BCUT2D eigenvalue weighted by Gasteiger charge is -2.28. The number of nitrogens with zero attached hydrogens (tertiary/aromatic N) is 1. The van der Waals surface area contributed by atoms with Gasteiger partial charge >= 0.3 is 0 Å². The van der Waals surface area contributed by atoms with Crippen molar-refractivity contribution in [2.24, 2.45) is 5.92 Å². The summed E-state index contributed by atoms with van der Waals surface area (Å²) in [5.41, 5.74) is 1.38. The summed E-state index contributed by atoms with van der Waals surface area (Å²) in [6, 6.07) is 5.30. The van der Waals surface area contributed by atoms with Gasteiger partial charge in [0.15, 0.2) is 6.61 Å². The Kier molecular flexibility index (Phi) is 4.62. The zero-order valence-electron chi connectivity index (χ0n) is 12.4. The third-order valence-corrected chi connectivity index (χ3v) is 3.09. The molecule has 112 valence electrons. The van der Waals surface area contributed by atoms with Crippen LogP contribution in [0.4, 0.5) is 11.4 Å². The monoisotopic (exact) mass is 288 g/mol. The minimum Gasteiger partial charge on any atom is -0.481 e. The smallest absolute Gasteiger partial charge is 0.265 e. The van der Waals surface area contributed by atoms with Gasteiger partial charge in [0, 0.05) is 24.7 Å². The molecule has 1 aromatic carbocycles. The van der Waals surface area contributed by atoms with Gasteiger partial charge in [-0.25, -0.2) is 0 Å². The summed E-state index contributed by atoms with van der Waals surface area (Å²) in [5.74, 6) is 0.775. The Morgan fingerprint density at radius 2 is 2.29 bits per heavy atom. The van der Waals surface area contributed by atoms with Crippen LogP contribution in [0.25, 0.3) is 0 Å². The van der Waals surface area contributed by atoms with E-state index in [1.54, 1.807) is 29.2 Å². The quantitative estimate of drug-likeness (QED) is 0.847. The second-order valence-corrected chi connectivity index (χ2v) is 5.41. The van der Waals surface area contributed by atoms with E-state index >= 15 is 0 Å². The van der Waals surface area contributed by atoms with E-state index in [1.807, 2.05) is 13.8 Å². The number of rotatable bonds is 5. The first-order chi connectivity index (χ1) is 10.0. The number of hydrogen-bond donors (Lipinski definition) is 1. The van der Waals surface area contributed by atoms with E-state index in [4.69, 9.17) is 4.74 Å². The number of anilines is 2. The molecule has 1 aliphatic heterocycles. The summed E-state index contributed by atoms with van der Waals surface area (Å²) < 4.78 is 5.44. The molecule has 21 heavy (non-hydrogen) atoms. The summed E-state index contributed by atoms with van der Waals surface area (Å²) in [7, 11) is 0. The molecule has 0 aliphatic carbocycles.